The lowest BCUT2D eigenvalue weighted by Gasteiger charge is -2.33. The first-order valence-electron chi connectivity index (χ1n) is 11.2. The lowest BCUT2D eigenvalue weighted by atomic mass is 9.81. The Labute approximate surface area is 195 Å². The van der Waals surface area contributed by atoms with Crippen molar-refractivity contribution in [3.05, 3.63) is 41.0 Å². The highest BCUT2D eigenvalue weighted by molar-refractivity contribution is 7.13. The van der Waals surface area contributed by atoms with Gasteiger partial charge in [-0.25, -0.2) is 4.98 Å². The molecule has 1 aliphatic rings. The van der Waals surface area contributed by atoms with Crippen molar-refractivity contribution in [2.24, 2.45) is 11.3 Å². The van der Waals surface area contributed by atoms with Gasteiger partial charge in [-0.05, 0) is 30.4 Å². The topological polar surface area (TPSA) is 71.5 Å². The second-order valence-electron chi connectivity index (χ2n) is 9.81. The third-order valence-electron chi connectivity index (χ3n) is 6.63. The fourth-order valence-electron chi connectivity index (χ4n) is 3.97. The highest BCUT2D eigenvalue weighted by Crippen LogP contribution is 2.31. The van der Waals surface area contributed by atoms with E-state index in [1.54, 1.807) is 23.3 Å². The van der Waals surface area contributed by atoms with Crippen LogP contribution in [0.3, 0.4) is 0 Å². The van der Waals surface area contributed by atoms with Crippen LogP contribution in [-0.2, 0) is 14.3 Å². The number of rotatable bonds is 6. The van der Waals surface area contributed by atoms with Crippen LogP contribution in [0.4, 0.5) is 0 Å². The molecule has 0 radical (unpaired) electrons. The summed E-state index contributed by atoms with van der Waals surface area (Å²) in [6.07, 6.45) is 0.389. The van der Waals surface area contributed by atoms with Crippen LogP contribution in [0.1, 0.15) is 58.3 Å². The summed E-state index contributed by atoms with van der Waals surface area (Å²) in [5, 5.41) is 3.11. The minimum Gasteiger partial charge on any atom is -0.380 e. The number of nitrogens with one attached hydrogen (secondary N) is 1. The van der Waals surface area contributed by atoms with E-state index in [1.807, 2.05) is 59.2 Å². The standard InChI is InChI=1S/C25H35N3O3S/c1-15(25(4,5)6)24(30)28-13-20(31-7)12-21(28)23(29)27-16(2)18-8-10-19(11-9-18)22-17(3)26-14-32-22/h8-11,14-16,20-21H,12-13H2,1-7H3,(H,27,29)/t15-,16+,20-,21+/m1/s1. The molecular weight excluding hydrogens is 422 g/mol. The van der Waals surface area contributed by atoms with Crippen molar-refractivity contribution in [3.8, 4) is 10.4 Å². The first-order valence-corrected chi connectivity index (χ1v) is 12.0. The predicted octanol–water partition coefficient (Wildman–Crippen LogP) is 4.59. The second kappa shape index (κ2) is 9.71. The quantitative estimate of drug-likeness (QED) is 0.688. The number of aryl methyl sites for hydroxylation is 1. The fraction of sp³-hybridized carbons (Fsp3) is 0.560. The van der Waals surface area contributed by atoms with E-state index < -0.39 is 6.04 Å². The number of carbonyl (C=O) groups excluding carboxylic acids is 2. The summed E-state index contributed by atoms with van der Waals surface area (Å²) in [6.45, 7) is 12.5. The van der Waals surface area contributed by atoms with Gasteiger partial charge in [-0.2, -0.15) is 0 Å². The molecule has 1 aliphatic heterocycles. The molecule has 3 rings (SSSR count). The van der Waals surface area contributed by atoms with E-state index in [-0.39, 0.29) is 35.3 Å². The van der Waals surface area contributed by atoms with Gasteiger partial charge in [-0.3, -0.25) is 9.59 Å². The molecule has 6 nitrogen and oxygen atoms in total. The van der Waals surface area contributed by atoms with E-state index in [2.05, 4.69) is 22.4 Å². The summed E-state index contributed by atoms with van der Waals surface area (Å²) in [5.74, 6) is -0.309. The van der Waals surface area contributed by atoms with E-state index in [0.717, 1.165) is 21.7 Å². The monoisotopic (exact) mass is 457 g/mol. The summed E-state index contributed by atoms with van der Waals surface area (Å²) in [5.41, 5.74) is 4.84. The zero-order valence-electron chi connectivity index (χ0n) is 20.1. The molecule has 0 saturated carbocycles. The van der Waals surface area contributed by atoms with Gasteiger partial charge in [0.2, 0.25) is 11.8 Å². The number of thiazole rings is 1. The van der Waals surface area contributed by atoms with Crippen molar-refractivity contribution < 1.29 is 14.3 Å². The number of hydrogen-bond donors (Lipinski definition) is 1. The van der Waals surface area contributed by atoms with Crippen molar-refractivity contribution in [1.82, 2.24) is 15.2 Å². The van der Waals surface area contributed by atoms with Crippen LogP contribution in [0.5, 0.6) is 0 Å². The molecule has 1 N–H and O–H groups in total. The Hall–Kier alpha value is -2.25. The largest absolute Gasteiger partial charge is 0.380 e. The zero-order valence-corrected chi connectivity index (χ0v) is 21.0. The molecule has 0 spiro atoms. The molecule has 0 unspecified atom stereocenters. The number of amides is 2. The first kappa shape index (κ1) is 24.4. The van der Waals surface area contributed by atoms with E-state index in [4.69, 9.17) is 4.74 Å². The van der Waals surface area contributed by atoms with E-state index in [1.165, 1.54) is 0 Å². The number of methoxy groups -OCH3 is 1. The third-order valence-corrected chi connectivity index (χ3v) is 7.61. The normalized spacial score (nSPS) is 20.8. The molecule has 174 valence electrons. The highest BCUT2D eigenvalue weighted by Gasteiger charge is 2.43. The smallest absolute Gasteiger partial charge is 0.243 e. The van der Waals surface area contributed by atoms with E-state index in [0.29, 0.717) is 13.0 Å². The maximum absolute atomic E-state index is 13.2. The summed E-state index contributed by atoms with van der Waals surface area (Å²) in [6, 6.07) is 7.52. The lowest BCUT2D eigenvalue weighted by molar-refractivity contribution is -0.144. The Morgan fingerprint density at radius 3 is 2.41 bits per heavy atom. The Morgan fingerprint density at radius 2 is 1.88 bits per heavy atom. The van der Waals surface area contributed by atoms with Crippen molar-refractivity contribution in [2.45, 2.75) is 66.2 Å². The number of ether oxygens (including phenoxy) is 1. The summed E-state index contributed by atoms with van der Waals surface area (Å²) < 4.78 is 5.51. The van der Waals surface area contributed by atoms with Gasteiger partial charge in [0.25, 0.3) is 0 Å². The fourth-order valence-corrected chi connectivity index (χ4v) is 4.79. The van der Waals surface area contributed by atoms with Gasteiger partial charge < -0.3 is 15.0 Å². The zero-order chi connectivity index (χ0) is 23.6. The van der Waals surface area contributed by atoms with E-state index in [9.17, 15) is 9.59 Å². The molecule has 4 atom stereocenters. The first-order chi connectivity index (χ1) is 15.0. The maximum atomic E-state index is 13.2. The Balaban J connectivity index is 1.71. The molecule has 1 aromatic heterocycles. The van der Waals surface area contributed by atoms with Crippen molar-refractivity contribution in [1.29, 1.82) is 0 Å². The van der Waals surface area contributed by atoms with Crippen molar-refractivity contribution >= 4 is 23.2 Å². The summed E-state index contributed by atoms with van der Waals surface area (Å²) in [4.78, 5) is 33.6. The van der Waals surface area contributed by atoms with Gasteiger partial charge in [0.15, 0.2) is 0 Å². The summed E-state index contributed by atoms with van der Waals surface area (Å²) >= 11 is 1.62. The van der Waals surface area contributed by atoms with Crippen LogP contribution in [0.15, 0.2) is 29.8 Å². The molecule has 1 fully saturated rings. The predicted molar refractivity (Wildman–Crippen MR) is 128 cm³/mol. The average Bonchev–Trinajstić information content (AvgIpc) is 3.38. The molecule has 2 amide bonds. The minimum atomic E-state index is -0.515. The number of benzene rings is 1. The van der Waals surface area contributed by atoms with Gasteiger partial charge in [0.05, 0.1) is 28.2 Å². The molecule has 0 bridgehead atoms. The van der Waals surface area contributed by atoms with Crippen LogP contribution in [-0.4, -0.2) is 47.5 Å². The third kappa shape index (κ3) is 5.21. The molecular formula is C25H35N3O3S. The SMILES string of the molecule is CO[C@@H]1C[C@@H](C(=O)N[C@@H](C)c2ccc(-c3scnc3C)cc2)N(C(=O)[C@@H](C)C(C)(C)C)C1. The van der Waals surface area contributed by atoms with Gasteiger partial charge >= 0.3 is 0 Å². The average molecular weight is 458 g/mol. The molecule has 1 saturated heterocycles. The second-order valence-corrected chi connectivity index (χ2v) is 10.7. The molecule has 1 aromatic carbocycles. The number of likely N-dealkylation sites (tertiary alicyclic amines) is 1. The highest BCUT2D eigenvalue weighted by atomic mass is 32.1. The van der Waals surface area contributed by atoms with Crippen LogP contribution in [0.25, 0.3) is 10.4 Å². The molecule has 2 aromatic rings. The Morgan fingerprint density at radius 1 is 1.22 bits per heavy atom. The maximum Gasteiger partial charge on any atom is 0.243 e. The van der Waals surface area contributed by atoms with Crippen molar-refractivity contribution in [3.63, 3.8) is 0 Å². The van der Waals surface area contributed by atoms with Crippen LogP contribution < -0.4 is 5.32 Å². The summed E-state index contributed by atoms with van der Waals surface area (Å²) in [7, 11) is 1.63. The van der Waals surface area contributed by atoms with E-state index >= 15 is 0 Å². The molecule has 0 aliphatic carbocycles. The lowest BCUT2D eigenvalue weighted by Crippen LogP contribution is -2.49. The number of carbonyl (C=O) groups is 2. The van der Waals surface area contributed by atoms with Crippen molar-refractivity contribution in [2.75, 3.05) is 13.7 Å². The molecule has 32 heavy (non-hydrogen) atoms. The Bertz CT molecular complexity index is 948. The van der Waals surface area contributed by atoms with Crippen LogP contribution in [0, 0.1) is 18.3 Å². The van der Waals surface area contributed by atoms with Gasteiger partial charge in [-0.1, -0.05) is 52.0 Å². The molecule has 7 heteroatoms. The number of nitrogens with zero attached hydrogens (tertiary/aromatic N) is 2. The van der Waals surface area contributed by atoms with Gasteiger partial charge in [0.1, 0.15) is 6.04 Å². The van der Waals surface area contributed by atoms with Gasteiger partial charge in [-0.15, -0.1) is 11.3 Å². The van der Waals surface area contributed by atoms with Gasteiger partial charge in [0, 0.05) is 26.0 Å². The number of hydrogen-bond acceptors (Lipinski definition) is 5. The minimum absolute atomic E-state index is 0.00846. The van der Waals surface area contributed by atoms with Crippen LogP contribution in [0.2, 0.25) is 0 Å². The molecule has 2 heterocycles. The number of aromatic nitrogens is 1. The van der Waals surface area contributed by atoms with Crippen LogP contribution >= 0.6 is 11.3 Å². The Kier molecular flexibility index (Phi) is 7.40.